The summed E-state index contributed by atoms with van der Waals surface area (Å²) in [5, 5.41) is 0. The van der Waals surface area contributed by atoms with Crippen LogP contribution in [0.15, 0.2) is 91.0 Å². The van der Waals surface area contributed by atoms with Gasteiger partial charge in [0.1, 0.15) is 4.87 Å². The maximum Gasteiger partial charge on any atom is 0.188 e. The summed E-state index contributed by atoms with van der Waals surface area (Å²) in [6.45, 7) is 0. The highest BCUT2D eigenvalue weighted by atomic mass is 35.5. The Balaban J connectivity index is 2.05. The van der Waals surface area contributed by atoms with E-state index in [4.69, 9.17) is 11.6 Å². The molecule has 0 fully saturated rings. The van der Waals surface area contributed by atoms with Crippen molar-refractivity contribution < 1.29 is 4.79 Å². The number of hydrogen-bond donors (Lipinski definition) is 0. The van der Waals surface area contributed by atoms with Gasteiger partial charge in [-0.15, -0.1) is 11.6 Å². The summed E-state index contributed by atoms with van der Waals surface area (Å²) < 4.78 is 0. The van der Waals surface area contributed by atoms with Crippen LogP contribution in [0, 0.1) is 0 Å². The van der Waals surface area contributed by atoms with E-state index in [1.165, 1.54) is 0 Å². The summed E-state index contributed by atoms with van der Waals surface area (Å²) in [6.07, 6.45) is 0.452. The van der Waals surface area contributed by atoms with Crippen molar-refractivity contribution in [1.82, 2.24) is 0 Å². The van der Waals surface area contributed by atoms with E-state index in [0.717, 1.165) is 11.1 Å². The molecule has 3 aromatic carbocycles. The number of hydrogen-bond acceptors (Lipinski definition) is 1. The zero-order valence-corrected chi connectivity index (χ0v) is 13.4. The Hall–Kier alpha value is -2.38. The van der Waals surface area contributed by atoms with Crippen LogP contribution in [0.25, 0.3) is 0 Å². The van der Waals surface area contributed by atoms with Crippen LogP contribution in [0.4, 0.5) is 0 Å². The highest BCUT2D eigenvalue weighted by Gasteiger charge is 2.38. The van der Waals surface area contributed by atoms with Gasteiger partial charge in [-0.25, -0.2) is 0 Å². The van der Waals surface area contributed by atoms with Gasteiger partial charge in [0, 0.05) is 12.0 Å². The van der Waals surface area contributed by atoms with E-state index >= 15 is 0 Å². The summed E-state index contributed by atoms with van der Waals surface area (Å²) in [6, 6.07) is 28.7. The van der Waals surface area contributed by atoms with Crippen LogP contribution in [-0.4, -0.2) is 5.78 Å². The predicted octanol–water partition coefficient (Wildman–Crippen LogP) is 5.25. The fraction of sp³-hybridized carbons (Fsp3) is 0.0952. The van der Waals surface area contributed by atoms with Crippen molar-refractivity contribution in [3.63, 3.8) is 0 Å². The van der Waals surface area contributed by atoms with E-state index in [9.17, 15) is 4.79 Å². The van der Waals surface area contributed by atoms with Crippen molar-refractivity contribution in [3.8, 4) is 0 Å². The molecule has 0 bridgehead atoms. The van der Waals surface area contributed by atoms with Crippen molar-refractivity contribution in [2.45, 2.75) is 11.3 Å². The first kappa shape index (κ1) is 15.5. The van der Waals surface area contributed by atoms with Crippen LogP contribution in [0.3, 0.4) is 0 Å². The molecule has 0 N–H and O–H groups in total. The molecule has 0 aliphatic rings. The lowest BCUT2D eigenvalue weighted by atomic mass is 9.84. The molecule has 3 aromatic rings. The van der Waals surface area contributed by atoms with Crippen LogP contribution in [0.1, 0.15) is 21.5 Å². The van der Waals surface area contributed by atoms with Crippen molar-refractivity contribution in [2.24, 2.45) is 0 Å². The van der Waals surface area contributed by atoms with Gasteiger partial charge >= 0.3 is 0 Å². The third kappa shape index (κ3) is 3.35. The van der Waals surface area contributed by atoms with Gasteiger partial charge in [0.15, 0.2) is 5.78 Å². The lowest BCUT2D eigenvalue weighted by Crippen LogP contribution is -2.32. The van der Waals surface area contributed by atoms with Gasteiger partial charge in [-0.3, -0.25) is 4.79 Å². The molecule has 1 atom stereocenters. The topological polar surface area (TPSA) is 17.1 Å². The number of Topliss-reactive ketones (excluding diaryl/α,β-unsaturated/α-hetero) is 1. The second-order valence-corrected chi connectivity index (χ2v) is 6.17. The minimum atomic E-state index is -1.11. The van der Waals surface area contributed by atoms with E-state index in [2.05, 4.69) is 0 Å². The third-order valence-electron chi connectivity index (χ3n) is 3.92. The Labute approximate surface area is 141 Å². The molecule has 23 heavy (non-hydrogen) atoms. The van der Waals surface area contributed by atoms with Crippen LogP contribution < -0.4 is 0 Å². The average Bonchev–Trinajstić information content (AvgIpc) is 2.63. The zero-order valence-electron chi connectivity index (χ0n) is 12.7. The summed E-state index contributed by atoms with van der Waals surface area (Å²) >= 11 is 6.93. The summed E-state index contributed by atoms with van der Waals surface area (Å²) in [4.78, 5) is 12.0. The molecule has 0 aromatic heterocycles. The molecule has 0 aliphatic carbocycles. The number of benzene rings is 3. The van der Waals surface area contributed by atoms with E-state index in [0.29, 0.717) is 12.0 Å². The molecule has 0 heterocycles. The maximum atomic E-state index is 13.1. The second kappa shape index (κ2) is 6.80. The number of carbonyl (C=O) groups is 1. The normalized spacial score (nSPS) is 13.3. The fourth-order valence-corrected chi connectivity index (χ4v) is 3.10. The summed E-state index contributed by atoms with van der Waals surface area (Å²) in [5.41, 5.74) is 2.48. The molecule has 114 valence electrons. The van der Waals surface area contributed by atoms with Gasteiger partial charge in [0.05, 0.1) is 0 Å². The highest BCUT2D eigenvalue weighted by Crippen LogP contribution is 2.36. The Bertz CT molecular complexity index is 769. The number of rotatable bonds is 5. The SMILES string of the molecule is O=C(c1ccccc1)C(Cl)(Cc1ccccc1)c1ccccc1. The Kier molecular flexibility index (Phi) is 4.59. The van der Waals surface area contributed by atoms with Crippen molar-refractivity contribution >= 4 is 17.4 Å². The number of alkyl halides is 1. The van der Waals surface area contributed by atoms with Gasteiger partial charge in [-0.05, 0) is 11.1 Å². The molecule has 0 spiro atoms. The zero-order chi connectivity index (χ0) is 16.1. The number of halogens is 1. The lowest BCUT2D eigenvalue weighted by molar-refractivity contribution is 0.0936. The first-order valence-corrected chi connectivity index (χ1v) is 7.96. The monoisotopic (exact) mass is 320 g/mol. The largest absolute Gasteiger partial charge is 0.292 e. The smallest absolute Gasteiger partial charge is 0.188 e. The molecular weight excluding hydrogens is 304 g/mol. The number of ketones is 1. The van der Waals surface area contributed by atoms with Crippen LogP contribution in [0.5, 0.6) is 0 Å². The van der Waals surface area contributed by atoms with Crippen LogP contribution >= 0.6 is 11.6 Å². The molecule has 0 radical (unpaired) electrons. The van der Waals surface area contributed by atoms with Crippen LogP contribution in [-0.2, 0) is 11.3 Å². The molecule has 1 nitrogen and oxygen atoms in total. The van der Waals surface area contributed by atoms with E-state index < -0.39 is 4.87 Å². The predicted molar refractivity (Wildman–Crippen MR) is 94.9 cm³/mol. The molecule has 0 amide bonds. The Morgan fingerprint density at radius 2 is 1.22 bits per heavy atom. The standard InChI is InChI=1S/C21H17ClO/c22-21(19-14-8-3-9-15-19,16-17-10-4-1-5-11-17)20(23)18-12-6-2-7-13-18/h1-15H,16H2. The van der Waals surface area contributed by atoms with Crippen molar-refractivity contribution in [1.29, 1.82) is 0 Å². The van der Waals surface area contributed by atoms with Gasteiger partial charge in [-0.2, -0.15) is 0 Å². The lowest BCUT2D eigenvalue weighted by Gasteiger charge is -2.26. The summed E-state index contributed by atoms with van der Waals surface area (Å²) in [7, 11) is 0. The van der Waals surface area contributed by atoms with Gasteiger partial charge < -0.3 is 0 Å². The molecule has 1 unspecified atom stereocenters. The van der Waals surface area contributed by atoms with Crippen LogP contribution in [0.2, 0.25) is 0 Å². The quantitative estimate of drug-likeness (QED) is 0.464. The van der Waals surface area contributed by atoms with Crippen molar-refractivity contribution in [2.75, 3.05) is 0 Å². The van der Waals surface area contributed by atoms with E-state index in [1.807, 2.05) is 91.0 Å². The molecule has 0 saturated carbocycles. The molecular formula is C21H17ClO. The maximum absolute atomic E-state index is 13.1. The highest BCUT2D eigenvalue weighted by molar-refractivity contribution is 6.38. The minimum Gasteiger partial charge on any atom is -0.292 e. The first-order chi connectivity index (χ1) is 11.2. The van der Waals surface area contributed by atoms with E-state index in [1.54, 1.807) is 0 Å². The van der Waals surface area contributed by atoms with E-state index in [-0.39, 0.29) is 5.78 Å². The minimum absolute atomic E-state index is 0.0742. The fourth-order valence-electron chi connectivity index (χ4n) is 2.71. The molecule has 0 saturated heterocycles. The third-order valence-corrected chi connectivity index (χ3v) is 4.44. The molecule has 3 rings (SSSR count). The van der Waals surface area contributed by atoms with Gasteiger partial charge in [-0.1, -0.05) is 91.0 Å². The first-order valence-electron chi connectivity index (χ1n) is 7.58. The summed E-state index contributed by atoms with van der Waals surface area (Å²) in [5.74, 6) is -0.0742. The van der Waals surface area contributed by atoms with Crippen molar-refractivity contribution in [3.05, 3.63) is 108 Å². The molecule has 0 aliphatic heterocycles. The van der Waals surface area contributed by atoms with Gasteiger partial charge in [0.25, 0.3) is 0 Å². The number of carbonyl (C=O) groups excluding carboxylic acids is 1. The Morgan fingerprint density at radius 1 is 0.739 bits per heavy atom. The Morgan fingerprint density at radius 3 is 1.78 bits per heavy atom. The second-order valence-electron chi connectivity index (χ2n) is 5.52. The molecule has 2 heteroatoms. The average molecular weight is 321 g/mol. The van der Waals surface area contributed by atoms with Gasteiger partial charge in [0.2, 0.25) is 0 Å².